The van der Waals surface area contributed by atoms with Gasteiger partial charge in [0.1, 0.15) is 0 Å². The first-order valence-corrected chi connectivity index (χ1v) is 10.4. The quantitative estimate of drug-likeness (QED) is 0.527. The lowest BCUT2D eigenvalue weighted by Crippen LogP contribution is -2.25. The molecule has 1 heterocycles. The van der Waals surface area contributed by atoms with Crippen LogP contribution in [0.4, 0.5) is 0 Å². The number of unbranched alkanes of at least 4 members (excludes halogenated alkanes) is 1. The van der Waals surface area contributed by atoms with Crippen molar-refractivity contribution in [3.63, 3.8) is 0 Å². The molecule has 0 atom stereocenters. The van der Waals surface area contributed by atoms with Gasteiger partial charge in [-0.25, -0.2) is 9.59 Å². The van der Waals surface area contributed by atoms with Crippen LogP contribution in [0.25, 0.3) is 17.2 Å². The summed E-state index contributed by atoms with van der Waals surface area (Å²) < 4.78 is 3.58. The second kappa shape index (κ2) is 9.92. The minimum Gasteiger partial charge on any atom is -0.478 e. The number of benzene rings is 2. The van der Waals surface area contributed by atoms with Crippen molar-refractivity contribution in [2.24, 2.45) is 0 Å². The van der Waals surface area contributed by atoms with E-state index in [0.29, 0.717) is 12.1 Å². The predicted molar refractivity (Wildman–Crippen MR) is 121 cm³/mol. The van der Waals surface area contributed by atoms with Gasteiger partial charge in [0.05, 0.1) is 17.8 Å². The Balaban J connectivity index is 1.90. The summed E-state index contributed by atoms with van der Waals surface area (Å²) in [7, 11) is 0. The first kappa shape index (κ1) is 21.4. The fourth-order valence-electron chi connectivity index (χ4n) is 3.46. The molecule has 156 valence electrons. The lowest BCUT2D eigenvalue weighted by atomic mass is 9.99. The van der Waals surface area contributed by atoms with E-state index in [2.05, 4.69) is 19.9 Å². The zero-order valence-electron chi connectivity index (χ0n) is 17.5. The van der Waals surface area contributed by atoms with Crippen LogP contribution in [0.15, 0.2) is 65.6 Å². The SMILES string of the molecule is CC/C=C/c1cn(CCCC)c(=O)n1Cc1ccc(-c2ccccc2C(=O)O)cc1. The average Bonchev–Trinajstić information content (AvgIpc) is 3.05. The van der Waals surface area contributed by atoms with Crippen molar-refractivity contribution >= 4 is 12.0 Å². The van der Waals surface area contributed by atoms with Gasteiger partial charge in [0.25, 0.3) is 0 Å². The maximum Gasteiger partial charge on any atom is 0.336 e. The molecule has 3 aromatic rings. The molecule has 1 N–H and O–H groups in total. The van der Waals surface area contributed by atoms with Gasteiger partial charge in [-0.1, -0.05) is 68.8 Å². The highest BCUT2D eigenvalue weighted by Crippen LogP contribution is 2.24. The number of aromatic carboxylic acids is 1. The number of carboxylic acid groups (broad SMARTS) is 1. The van der Waals surface area contributed by atoms with E-state index in [-0.39, 0.29) is 11.3 Å². The number of carboxylic acids is 1. The minimum atomic E-state index is -0.943. The van der Waals surface area contributed by atoms with Crippen molar-refractivity contribution < 1.29 is 9.90 Å². The molecule has 2 aromatic carbocycles. The van der Waals surface area contributed by atoms with E-state index in [1.807, 2.05) is 48.7 Å². The normalized spacial score (nSPS) is 11.3. The molecule has 3 rings (SSSR count). The molecule has 0 fully saturated rings. The highest BCUT2D eigenvalue weighted by Gasteiger charge is 2.12. The maximum absolute atomic E-state index is 12.9. The molecule has 0 aliphatic rings. The number of aryl methyl sites for hydroxylation is 1. The number of hydrogen-bond donors (Lipinski definition) is 1. The van der Waals surface area contributed by atoms with Gasteiger partial charge in [-0.3, -0.25) is 9.13 Å². The van der Waals surface area contributed by atoms with Gasteiger partial charge in [-0.15, -0.1) is 0 Å². The number of nitrogens with zero attached hydrogens (tertiary/aromatic N) is 2. The molecular weight excluding hydrogens is 376 g/mol. The van der Waals surface area contributed by atoms with Gasteiger partial charge in [-0.05, 0) is 41.7 Å². The minimum absolute atomic E-state index is 0.000461. The summed E-state index contributed by atoms with van der Waals surface area (Å²) in [6.07, 6.45) is 8.91. The maximum atomic E-state index is 12.9. The zero-order valence-corrected chi connectivity index (χ0v) is 17.5. The molecule has 0 radical (unpaired) electrons. The molecule has 0 saturated heterocycles. The van der Waals surface area contributed by atoms with Gasteiger partial charge >= 0.3 is 11.7 Å². The van der Waals surface area contributed by atoms with Crippen molar-refractivity contribution in [2.45, 2.75) is 46.2 Å². The highest BCUT2D eigenvalue weighted by atomic mass is 16.4. The molecule has 0 aliphatic carbocycles. The molecule has 0 spiro atoms. The molecular formula is C25H28N2O3. The molecule has 0 bridgehead atoms. The Kier molecular flexibility index (Phi) is 7.07. The Hall–Kier alpha value is -3.34. The molecule has 5 heteroatoms. The Morgan fingerprint density at radius 2 is 1.80 bits per heavy atom. The van der Waals surface area contributed by atoms with Gasteiger partial charge < -0.3 is 5.11 Å². The molecule has 0 amide bonds. The summed E-state index contributed by atoms with van der Waals surface area (Å²) in [6, 6.07) is 14.7. The molecule has 0 aliphatic heterocycles. The van der Waals surface area contributed by atoms with E-state index in [4.69, 9.17) is 0 Å². The number of hydrogen-bond acceptors (Lipinski definition) is 2. The van der Waals surface area contributed by atoms with E-state index in [1.165, 1.54) is 0 Å². The van der Waals surface area contributed by atoms with Gasteiger partial charge in [0, 0.05) is 12.7 Å². The third-order valence-corrected chi connectivity index (χ3v) is 5.12. The van der Waals surface area contributed by atoms with Crippen LogP contribution in [0.2, 0.25) is 0 Å². The summed E-state index contributed by atoms with van der Waals surface area (Å²) in [6.45, 7) is 5.38. The number of imidazole rings is 1. The lowest BCUT2D eigenvalue weighted by molar-refractivity contribution is 0.0697. The first-order chi connectivity index (χ1) is 14.5. The topological polar surface area (TPSA) is 64.2 Å². The van der Waals surface area contributed by atoms with E-state index in [0.717, 1.165) is 42.6 Å². The second-order valence-corrected chi connectivity index (χ2v) is 7.33. The smallest absolute Gasteiger partial charge is 0.336 e. The van der Waals surface area contributed by atoms with Crippen LogP contribution in [0, 0.1) is 0 Å². The van der Waals surface area contributed by atoms with Crippen molar-refractivity contribution in [2.75, 3.05) is 0 Å². The summed E-state index contributed by atoms with van der Waals surface area (Å²) in [5, 5.41) is 9.43. The molecule has 5 nitrogen and oxygen atoms in total. The summed E-state index contributed by atoms with van der Waals surface area (Å²) >= 11 is 0. The number of aromatic nitrogens is 2. The number of rotatable bonds is 9. The Labute approximate surface area is 176 Å². The Morgan fingerprint density at radius 3 is 2.47 bits per heavy atom. The average molecular weight is 405 g/mol. The lowest BCUT2D eigenvalue weighted by Gasteiger charge is -2.09. The fourth-order valence-corrected chi connectivity index (χ4v) is 3.46. The Morgan fingerprint density at radius 1 is 1.07 bits per heavy atom. The highest BCUT2D eigenvalue weighted by molar-refractivity contribution is 5.95. The van der Waals surface area contributed by atoms with Crippen LogP contribution in [0.1, 0.15) is 54.7 Å². The van der Waals surface area contributed by atoms with Gasteiger partial charge in [-0.2, -0.15) is 0 Å². The van der Waals surface area contributed by atoms with Gasteiger partial charge in [0.2, 0.25) is 0 Å². The molecule has 30 heavy (non-hydrogen) atoms. The van der Waals surface area contributed by atoms with Crippen LogP contribution in [-0.4, -0.2) is 20.2 Å². The van der Waals surface area contributed by atoms with Crippen molar-refractivity contribution in [3.05, 3.63) is 88.1 Å². The molecule has 1 aromatic heterocycles. The van der Waals surface area contributed by atoms with E-state index in [1.54, 1.807) is 21.3 Å². The van der Waals surface area contributed by atoms with Crippen LogP contribution >= 0.6 is 0 Å². The summed E-state index contributed by atoms with van der Waals surface area (Å²) in [5.41, 5.74) is 3.70. The summed E-state index contributed by atoms with van der Waals surface area (Å²) in [4.78, 5) is 24.4. The van der Waals surface area contributed by atoms with E-state index >= 15 is 0 Å². The Bertz CT molecular complexity index is 1090. The zero-order chi connectivity index (χ0) is 21.5. The monoisotopic (exact) mass is 404 g/mol. The van der Waals surface area contributed by atoms with Crippen LogP contribution in [-0.2, 0) is 13.1 Å². The standard InChI is InChI=1S/C25H28N2O3/c1-3-5-9-21-18-26(16-6-4-2)25(30)27(21)17-19-12-14-20(15-13-19)22-10-7-8-11-23(22)24(28)29/h5,7-15,18H,3-4,6,16-17H2,1-2H3,(H,28,29)/b9-5+. The number of allylic oxidation sites excluding steroid dienone is 1. The fraction of sp³-hybridized carbons (Fsp3) is 0.280. The van der Waals surface area contributed by atoms with Crippen LogP contribution < -0.4 is 5.69 Å². The predicted octanol–water partition coefficient (Wildman–Crippen LogP) is 5.29. The molecule has 0 saturated carbocycles. The first-order valence-electron chi connectivity index (χ1n) is 10.4. The third-order valence-electron chi connectivity index (χ3n) is 5.12. The molecule has 0 unspecified atom stereocenters. The number of carbonyl (C=O) groups is 1. The van der Waals surface area contributed by atoms with Gasteiger partial charge in [0.15, 0.2) is 0 Å². The van der Waals surface area contributed by atoms with Crippen molar-refractivity contribution in [1.29, 1.82) is 0 Å². The third kappa shape index (κ3) is 4.79. The largest absolute Gasteiger partial charge is 0.478 e. The van der Waals surface area contributed by atoms with Crippen LogP contribution in [0.5, 0.6) is 0 Å². The second-order valence-electron chi connectivity index (χ2n) is 7.33. The van der Waals surface area contributed by atoms with Crippen LogP contribution in [0.3, 0.4) is 0 Å². The summed E-state index contributed by atoms with van der Waals surface area (Å²) in [5.74, 6) is -0.943. The van der Waals surface area contributed by atoms with E-state index < -0.39 is 5.97 Å². The van der Waals surface area contributed by atoms with Crippen molar-refractivity contribution in [3.8, 4) is 11.1 Å². The van der Waals surface area contributed by atoms with Crippen molar-refractivity contribution in [1.82, 2.24) is 9.13 Å². The van der Waals surface area contributed by atoms with E-state index in [9.17, 15) is 14.7 Å².